The molecule has 0 radical (unpaired) electrons. The van der Waals surface area contributed by atoms with Crippen molar-refractivity contribution in [2.24, 2.45) is 11.0 Å². The van der Waals surface area contributed by atoms with Gasteiger partial charge in [-0.1, -0.05) is 29.8 Å². The molecule has 4 rings (SSSR count). The Morgan fingerprint density at radius 2 is 1.87 bits per heavy atom. The summed E-state index contributed by atoms with van der Waals surface area (Å²) < 4.78 is 12.4. The summed E-state index contributed by atoms with van der Waals surface area (Å²) in [5.74, 6) is 0.287. The number of fused-ring (bicyclic) bond motifs is 3. The molecular weight excluding hydrogens is 332 g/mol. The number of rotatable bonds is 1. The summed E-state index contributed by atoms with van der Waals surface area (Å²) in [6, 6.07) is 14.6. The smallest absolute Gasteiger partial charge is 0.248 e. The lowest BCUT2D eigenvalue weighted by Crippen LogP contribution is -2.41. The third kappa shape index (κ3) is 2.50. The van der Waals surface area contributed by atoms with Crippen molar-refractivity contribution in [3.63, 3.8) is 0 Å². The number of carbonyl (C=O) groups excluding carboxylic acids is 1. The maximum absolute atomic E-state index is 12.4. The van der Waals surface area contributed by atoms with Crippen molar-refractivity contribution in [3.8, 4) is 0 Å². The SMILES string of the molecule is O=C1C[C@H]2C[S@@](=O)c3ccccc3C2=NN1c1ccc(Cl)cc1. The van der Waals surface area contributed by atoms with Crippen LogP contribution in [0.4, 0.5) is 5.69 Å². The largest absolute Gasteiger partial charge is 0.273 e. The molecule has 0 fully saturated rings. The minimum atomic E-state index is -1.08. The average Bonchev–Trinajstić information content (AvgIpc) is 2.56. The Morgan fingerprint density at radius 1 is 1.13 bits per heavy atom. The molecule has 2 atom stereocenters. The molecule has 0 unspecified atom stereocenters. The number of amides is 1. The fourth-order valence-corrected chi connectivity index (χ4v) is 4.58. The van der Waals surface area contributed by atoms with Crippen LogP contribution in [0.25, 0.3) is 0 Å². The third-order valence-electron chi connectivity index (χ3n) is 4.08. The molecule has 23 heavy (non-hydrogen) atoms. The van der Waals surface area contributed by atoms with Gasteiger partial charge in [0.2, 0.25) is 5.91 Å². The van der Waals surface area contributed by atoms with Gasteiger partial charge >= 0.3 is 0 Å². The Kier molecular flexibility index (Phi) is 3.54. The van der Waals surface area contributed by atoms with Gasteiger partial charge in [-0.05, 0) is 30.3 Å². The first-order chi connectivity index (χ1) is 11.1. The molecule has 0 saturated heterocycles. The number of carbonyl (C=O) groups is 1. The summed E-state index contributed by atoms with van der Waals surface area (Å²) in [6.07, 6.45) is 0.321. The highest BCUT2D eigenvalue weighted by atomic mass is 35.5. The second-order valence-corrected chi connectivity index (χ2v) is 7.48. The van der Waals surface area contributed by atoms with Crippen LogP contribution >= 0.6 is 11.6 Å². The number of anilines is 1. The van der Waals surface area contributed by atoms with Crippen LogP contribution < -0.4 is 5.01 Å². The van der Waals surface area contributed by atoms with Gasteiger partial charge in [-0.15, -0.1) is 0 Å². The van der Waals surface area contributed by atoms with Gasteiger partial charge in [0.15, 0.2) is 0 Å². The summed E-state index contributed by atoms with van der Waals surface area (Å²) in [6.45, 7) is 0. The van der Waals surface area contributed by atoms with Crippen LogP contribution in [0.2, 0.25) is 5.02 Å². The third-order valence-corrected chi connectivity index (χ3v) is 5.89. The van der Waals surface area contributed by atoms with Gasteiger partial charge in [0.05, 0.1) is 22.2 Å². The molecule has 6 heteroatoms. The molecule has 2 aliphatic heterocycles. The molecule has 0 aliphatic carbocycles. The van der Waals surface area contributed by atoms with E-state index in [2.05, 4.69) is 5.10 Å². The van der Waals surface area contributed by atoms with Crippen molar-refractivity contribution in [1.29, 1.82) is 0 Å². The van der Waals surface area contributed by atoms with Gasteiger partial charge in [-0.3, -0.25) is 9.00 Å². The quantitative estimate of drug-likeness (QED) is 0.797. The minimum Gasteiger partial charge on any atom is -0.273 e. The van der Waals surface area contributed by atoms with Crippen LogP contribution in [0.1, 0.15) is 12.0 Å². The van der Waals surface area contributed by atoms with Crippen LogP contribution in [-0.2, 0) is 15.6 Å². The molecule has 2 aromatic carbocycles. The van der Waals surface area contributed by atoms with Gasteiger partial charge in [0, 0.05) is 33.6 Å². The van der Waals surface area contributed by atoms with Crippen molar-refractivity contribution in [1.82, 2.24) is 0 Å². The second kappa shape index (κ2) is 5.58. The standard InChI is InChI=1S/C17H13ClN2O2S/c18-12-5-7-13(8-6-12)20-16(21)9-11-10-23(22)15-4-2-1-3-14(15)17(11)19-20/h1-8,11H,9-10H2/t11-,23+/m0/s1. The van der Waals surface area contributed by atoms with E-state index >= 15 is 0 Å². The monoisotopic (exact) mass is 344 g/mol. The first-order valence-corrected chi connectivity index (χ1v) is 8.98. The molecule has 0 spiro atoms. The van der Waals surface area contributed by atoms with Crippen LogP contribution in [0, 0.1) is 5.92 Å². The number of hydrogen-bond donors (Lipinski definition) is 0. The normalized spacial score (nSPS) is 23.1. The summed E-state index contributed by atoms with van der Waals surface area (Å²) in [5, 5.41) is 6.62. The fraction of sp³-hybridized carbons (Fsp3) is 0.176. The number of benzene rings is 2. The Labute approximate surface area is 141 Å². The first kappa shape index (κ1) is 14.6. The Hall–Kier alpha value is -1.98. The van der Waals surface area contributed by atoms with E-state index in [1.807, 2.05) is 24.3 Å². The molecule has 0 saturated carbocycles. The zero-order valence-corrected chi connectivity index (χ0v) is 13.7. The lowest BCUT2D eigenvalue weighted by atomic mass is 9.93. The molecule has 4 nitrogen and oxygen atoms in total. The number of nitrogens with zero attached hydrogens (tertiary/aromatic N) is 2. The molecule has 2 heterocycles. The molecule has 2 aromatic rings. The van der Waals surface area contributed by atoms with Gasteiger partial charge in [-0.25, -0.2) is 5.01 Å². The molecule has 1 amide bonds. The summed E-state index contributed by atoms with van der Waals surface area (Å²) in [4.78, 5) is 13.2. The molecule has 0 bridgehead atoms. The van der Waals surface area contributed by atoms with E-state index in [4.69, 9.17) is 11.6 Å². The average molecular weight is 345 g/mol. The Morgan fingerprint density at radius 3 is 2.65 bits per heavy atom. The van der Waals surface area contributed by atoms with Gasteiger partial charge < -0.3 is 0 Å². The summed E-state index contributed by atoms with van der Waals surface area (Å²) in [7, 11) is -1.08. The van der Waals surface area contributed by atoms with Crippen molar-refractivity contribution in [2.45, 2.75) is 11.3 Å². The molecule has 0 N–H and O–H groups in total. The van der Waals surface area contributed by atoms with Crippen molar-refractivity contribution in [2.75, 3.05) is 10.8 Å². The first-order valence-electron chi connectivity index (χ1n) is 7.28. The Balaban J connectivity index is 1.83. The van der Waals surface area contributed by atoms with E-state index in [1.54, 1.807) is 24.3 Å². The van der Waals surface area contributed by atoms with Gasteiger partial charge in [-0.2, -0.15) is 5.10 Å². The van der Waals surface area contributed by atoms with E-state index in [0.29, 0.717) is 22.9 Å². The maximum Gasteiger partial charge on any atom is 0.248 e. The highest BCUT2D eigenvalue weighted by molar-refractivity contribution is 7.85. The zero-order chi connectivity index (χ0) is 16.0. The predicted octanol–water partition coefficient (Wildman–Crippen LogP) is 3.22. The molecule has 116 valence electrons. The number of hydrogen-bond acceptors (Lipinski definition) is 3. The minimum absolute atomic E-state index is 0.0817. The lowest BCUT2D eigenvalue weighted by Gasteiger charge is -2.32. The molecular formula is C17H13ClN2O2S. The van der Waals surface area contributed by atoms with Gasteiger partial charge in [0.1, 0.15) is 0 Å². The van der Waals surface area contributed by atoms with E-state index in [9.17, 15) is 9.00 Å². The summed E-state index contributed by atoms with van der Waals surface area (Å²) >= 11 is 5.91. The molecule has 2 aliphatic rings. The highest BCUT2D eigenvalue weighted by Gasteiger charge is 2.37. The van der Waals surface area contributed by atoms with Gasteiger partial charge in [0.25, 0.3) is 0 Å². The van der Waals surface area contributed by atoms with Crippen LogP contribution in [0.3, 0.4) is 0 Å². The Bertz CT molecular complexity index is 848. The van der Waals surface area contributed by atoms with Crippen molar-refractivity contribution < 1.29 is 9.00 Å². The number of halogens is 1. The van der Waals surface area contributed by atoms with E-state index in [1.165, 1.54) is 5.01 Å². The zero-order valence-electron chi connectivity index (χ0n) is 12.1. The highest BCUT2D eigenvalue weighted by Crippen LogP contribution is 2.33. The molecule has 0 aromatic heterocycles. The maximum atomic E-state index is 12.4. The second-order valence-electron chi connectivity index (χ2n) is 5.58. The summed E-state index contributed by atoms with van der Waals surface area (Å²) in [5.41, 5.74) is 2.41. The van der Waals surface area contributed by atoms with Crippen LogP contribution in [0.5, 0.6) is 0 Å². The predicted molar refractivity (Wildman–Crippen MR) is 91.3 cm³/mol. The van der Waals surface area contributed by atoms with E-state index in [0.717, 1.165) is 16.2 Å². The van der Waals surface area contributed by atoms with Crippen LogP contribution in [0.15, 0.2) is 58.5 Å². The van der Waals surface area contributed by atoms with Crippen molar-refractivity contribution in [3.05, 3.63) is 59.1 Å². The van der Waals surface area contributed by atoms with Crippen molar-refractivity contribution >= 4 is 39.7 Å². The fourth-order valence-electron chi connectivity index (χ4n) is 2.98. The van der Waals surface area contributed by atoms with E-state index < -0.39 is 10.8 Å². The number of hydrazone groups is 1. The van der Waals surface area contributed by atoms with E-state index in [-0.39, 0.29) is 11.8 Å². The van der Waals surface area contributed by atoms with Crippen LogP contribution in [-0.4, -0.2) is 21.6 Å². The topological polar surface area (TPSA) is 49.7 Å². The lowest BCUT2D eigenvalue weighted by molar-refractivity contribution is -0.119.